The summed E-state index contributed by atoms with van der Waals surface area (Å²) in [6, 6.07) is 0.543. The summed E-state index contributed by atoms with van der Waals surface area (Å²) in [7, 11) is 6.50. The molecule has 0 aromatic carbocycles. The maximum absolute atomic E-state index is 4.01. The van der Waals surface area contributed by atoms with E-state index in [0.29, 0.717) is 6.04 Å². The van der Waals surface area contributed by atoms with E-state index in [1.807, 2.05) is 0 Å². The van der Waals surface area contributed by atoms with Crippen molar-refractivity contribution in [3.8, 4) is 0 Å². The van der Waals surface area contributed by atoms with Gasteiger partial charge < -0.3 is 14.7 Å². The summed E-state index contributed by atoms with van der Waals surface area (Å²) in [5.74, 6) is 0. The van der Waals surface area contributed by atoms with Crippen LogP contribution in [-0.2, 0) is 0 Å². The van der Waals surface area contributed by atoms with Crippen molar-refractivity contribution in [3.63, 3.8) is 0 Å². The summed E-state index contributed by atoms with van der Waals surface area (Å²) >= 11 is 0. The summed E-state index contributed by atoms with van der Waals surface area (Å²) in [6.45, 7) is 10.8. The predicted molar refractivity (Wildman–Crippen MR) is 88.5 cm³/mol. The Balaban J connectivity index is 0. The molecule has 116 valence electrons. The van der Waals surface area contributed by atoms with Crippen LogP contribution in [0, 0.1) is 0 Å². The van der Waals surface area contributed by atoms with E-state index in [1.165, 1.54) is 52.1 Å². The van der Waals surface area contributed by atoms with Crippen LogP contribution >= 0.6 is 0 Å². The van der Waals surface area contributed by atoms with E-state index in [4.69, 9.17) is 0 Å². The lowest BCUT2D eigenvalue weighted by Gasteiger charge is -2.28. The molecular weight excluding hydrogens is 236 g/mol. The molecule has 0 N–H and O–H groups in total. The quantitative estimate of drug-likeness (QED) is 0.681. The molecule has 0 unspecified atom stereocenters. The molecule has 0 aliphatic carbocycles. The normalized spacial score (nSPS) is 22.5. The van der Waals surface area contributed by atoms with Crippen LogP contribution < -0.4 is 0 Å². The van der Waals surface area contributed by atoms with Gasteiger partial charge in [0.05, 0.1) is 6.04 Å². The molecule has 4 nitrogen and oxygen atoms in total. The molecule has 0 radical (unpaired) electrons. The number of likely N-dealkylation sites (tertiary alicyclic amines) is 1. The average Bonchev–Trinajstić information content (AvgIpc) is 2.35. The molecular formula is C15H36N4. The first kappa shape index (κ1) is 20.9. The van der Waals surface area contributed by atoms with Crippen molar-refractivity contribution in [1.29, 1.82) is 0 Å². The first-order valence-electron chi connectivity index (χ1n) is 6.63. The molecule has 0 aromatic rings. The van der Waals surface area contributed by atoms with Crippen LogP contribution in [0.2, 0.25) is 0 Å². The second-order valence-electron chi connectivity index (χ2n) is 5.32. The van der Waals surface area contributed by atoms with Crippen LogP contribution in [0.3, 0.4) is 0 Å². The fourth-order valence-electron chi connectivity index (χ4n) is 2.08. The van der Waals surface area contributed by atoms with Gasteiger partial charge >= 0.3 is 0 Å². The number of rotatable bonds is 1. The Labute approximate surface area is 121 Å². The third kappa shape index (κ3) is 9.14. The Morgan fingerprint density at radius 3 is 1.37 bits per heavy atom. The number of hydrogen-bond donors (Lipinski definition) is 0. The number of nitrogens with zero attached hydrogens (tertiary/aromatic N) is 4. The van der Waals surface area contributed by atoms with E-state index in [9.17, 15) is 0 Å². The van der Waals surface area contributed by atoms with Crippen LogP contribution in [0.15, 0.2) is 4.99 Å². The molecule has 2 heterocycles. The zero-order valence-corrected chi connectivity index (χ0v) is 11.7. The third-order valence-corrected chi connectivity index (χ3v) is 3.67. The second kappa shape index (κ2) is 11.4. The molecule has 19 heavy (non-hydrogen) atoms. The predicted octanol–water partition coefficient (Wildman–Crippen LogP) is 1.92. The molecule has 0 atom stereocenters. The van der Waals surface area contributed by atoms with E-state index in [0.717, 1.165) is 0 Å². The fraction of sp³-hybridized carbons (Fsp3) is 0.933. The molecule has 2 rings (SSSR count). The van der Waals surface area contributed by atoms with Crippen LogP contribution in [0.4, 0.5) is 0 Å². The minimum absolute atomic E-state index is 0. The number of aliphatic imine (C=N–C) groups is 1. The lowest BCUT2D eigenvalue weighted by atomic mass is 10.1. The van der Waals surface area contributed by atoms with Crippen molar-refractivity contribution in [2.75, 3.05) is 60.4 Å². The monoisotopic (exact) mass is 272 g/mol. The van der Waals surface area contributed by atoms with E-state index >= 15 is 0 Å². The van der Waals surface area contributed by atoms with E-state index in [2.05, 4.69) is 47.6 Å². The van der Waals surface area contributed by atoms with Crippen molar-refractivity contribution in [2.45, 2.75) is 33.7 Å². The van der Waals surface area contributed by atoms with Crippen molar-refractivity contribution in [3.05, 3.63) is 0 Å². The Morgan fingerprint density at radius 1 is 0.737 bits per heavy atom. The summed E-state index contributed by atoms with van der Waals surface area (Å²) < 4.78 is 0. The largest absolute Gasteiger partial charge is 0.306 e. The van der Waals surface area contributed by atoms with Crippen molar-refractivity contribution >= 4 is 6.72 Å². The fourth-order valence-corrected chi connectivity index (χ4v) is 2.08. The first-order valence-corrected chi connectivity index (χ1v) is 6.63. The highest BCUT2D eigenvalue weighted by atomic mass is 15.2. The van der Waals surface area contributed by atoms with Crippen LogP contribution in [0.1, 0.15) is 27.7 Å². The first-order chi connectivity index (χ1) is 8.11. The number of piperazine rings is 1. The topological polar surface area (TPSA) is 22.1 Å². The van der Waals surface area contributed by atoms with Gasteiger partial charge in [0.1, 0.15) is 0 Å². The van der Waals surface area contributed by atoms with E-state index in [1.54, 1.807) is 0 Å². The Hall–Kier alpha value is -0.450. The van der Waals surface area contributed by atoms with Gasteiger partial charge in [-0.1, -0.05) is 14.9 Å². The molecule has 2 saturated heterocycles. The van der Waals surface area contributed by atoms with Gasteiger partial charge in [-0.15, -0.1) is 0 Å². The molecule has 2 aliphatic heterocycles. The third-order valence-electron chi connectivity index (χ3n) is 3.67. The lowest BCUT2D eigenvalue weighted by Crippen LogP contribution is -2.42. The van der Waals surface area contributed by atoms with E-state index < -0.39 is 0 Å². The van der Waals surface area contributed by atoms with Gasteiger partial charge in [-0.3, -0.25) is 4.99 Å². The number of likely N-dealkylation sites (N-methyl/N-ethyl adjacent to an activating group) is 2. The molecule has 0 amide bonds. The SMILES string of the molecule is C.C.C=NC1CCN(C)CC1.CN1CCN(C)CC1. The molecule has 2 aliphatic rings. The van der Waals surface area contributed by atoms with Gasteiger partial charge in [-0.2, -0.15) is 0 Å². The minimum atomic E-state index is 0. The van der Waals surface area contributed by atoms with Crippen molar-refractivity contribution in [2.24, 2.45) is 4.99 Å². The van der Waals surface area contributed by atoms with E-state index in [-0.39, 0.29) is 14.9 Å². The van der Waals surface area contributed by atoms with Crippen molar-refractivity contribution in [1.82, 2.24) is 14.7 Å². The lowest BCUT2D eigenvalue weighted by molar-refractivity contribution is 0.181. The van der Waals surface area contributed by atoms with Crippen LogP contribution in [0.5, 0.6) is 0 Å². The summed E-state index contributed by atoms with van der Waals surface area (Å²) in [6.07, 6.45) is 2.39. The molecule has 0 saturated carbocycles. The molecule has 0 bridgehead atoms. The maximum atomic E-state index is 4.01. The standard InChI is InChI=1S/C7H14N2.C6H14N2.2CH4/c1-8-7-3-5-9(2)6-4-7;1-7-3-5-8(2)6-4-7;;/h7H,1,3-6H2,2H3;3-6H2,1-2H3;2*1H4. The second-order valence-corrected chi connectivity index (χ2v) is 5.32. The van der Waals surface area contributed by atoms with Gasteiger partial charge in [-0.05, 0) is 53.8 Å². The van der Waals surface area contributed by atoms with Gasteiger partial charge in [0.2, 0.25) is 0 Å². The Bertz CT molecular complexity index is 194. The summed E-state index contributed by atoms with van der Waals surface area (Å²) in [5, 5.41) is 0. The highest BCUT2D eigenvalue weighted by molar-refractivity contribution is 5.24. The molecule has 4 heteroatoms. The van der Waals surface area contributed by atoms with Gasteiger partial charge in [0, 0.05) is 26.2 Å². The number of piperidine rings is 1. The van der Waals surface area contributed by atoms with Gasteiger partial charge in [0.15, 0.2) is 0 Å². The minimum Gasteiger partial charge on any atom is -0.306 e. The maximum Gasteiger partial charge on any atom is 0.0516 e. The summed E-state index contributed by atoms with van der Waals surface area (Å²) in [4.78, 5) is 11.1. The molecule has 2 fully saturated rings. The van der Waals surface area contributed by atoms with Crippen molar-refractivity contribution < 1.29 is 0 Å². The smallest absolute Gasteiger partial charge is 0.0516 e. The Kier molecular flexibility index (Phi) is 12.5. The Morgan fingerprint density at radius 2 is 1.05 bits per heavy atom. The summed E-state index contributed by atoms with van der Waals surface area (Å²) in [5.41, 5.74) is 0. The van der Waals surface area contributed by atoms with Crippen LogP contribution in [-0.4, -0.2) is 87.9 Å². The highest BCUT2D eigenvalue weighted by Crippen LogP contribution is 2.10. The van der Waals surface area contributed by atoms with Gasteiger partial charge in [-0.25, -0.2) is 0 Å². The van der Waals surface area contributed by atoms with Crippen LogP contribution in [0.25, 0.3) is 0 Å². The number of hydrogen-bond acceptors (Lipinski definition) is 4. The molecule has 0 spiro atoms. The average molecular weight is 272 g/mol. The highest BCUT2D eigenvalue weighted by Gasteiger charge is 2.13. The zero-order valence-electron chi connectivity index (χ0n) is 11.7. The zero-order chi connectivity index (χ0) is 12.7. The molecule has 0 aromatic heterocycles. The van der Waals surface area contributed by atoms with Gasteiger partial charge in [0.25, 0.3) is 0 Å².